The second-order valence-electron chi connectivity index (χ2n) is 12.1. The van der Waals surface area contributed by atoms with Gasteiger partial charge in [0, 0.05) is 19.0 Å². The quantitative estimate of drug-likeness (QED) is 0.163. The summed E-state index contributed by atoms with van der Waals surface area (Å²) in [4.78, 5) is 30.2. The van der Waals surface area contributed by atoms with Gasteiger partial charge in [-0.2, -0.15) is 0 Å². The van der Waals surface area contributed by atoms with E-state index in [2.05, 4.69) is 5.32 Å². The maximum absolute atomic E-state index is 14.6. The predicted octanol–water partition coefficient (Wildman–Crippen LogP) is 7.73. The summed E-state index contributed by atoms with van der Waals surface area (Å²) < 4.78 is 43.4. The maximum Gasteiger partial charge on any atom is 0.264 e. The molecule has 48 heavy (non-hydrogen) atoms. The Morgan fingerprint density at radius 2 is 1.52 bits per heavy atom. The Labute approximate surface area is 291 Å². The molecule has 4 aromatic rings. The Bertz CT molecular complexity index is 1820. The van der Waals surface area contributed by atoms with E-state index in [9.17, 15) is 22.4 Å². The molecule has 0 spiro atoms. The Morgan fingerprint density at radius 1 is 0.854 bits per heavy atom. The summed E-state index contributed by atoms with van der Waals surface area (Å²) in [6.07, 6.45) is 4.95. The smallest absolute Gasteiger partial charge is 0.264 e. The third-order valence-corrected chi connectivity index (χ3v) is 11.2. The summed E-state index contributed by atoms with van der Waals surface area (Å²) in [5, 5.41) is 3.24. The van der Waals surface area contributed by atoms with Crippen molar-refractivity contribution in [2.45, 2.75) is 69.0 Å². The van der Waals surface area contributed by atoms with Gasteiger partial charge in [0.2, 0.25) is 11.8 Å². The number of carbonyl (C=O) groups excluding carboxylic acids is 2. The van der Waals surface area contributed by atoms with E-state index in [1.807, 2.05) is 37.3 Å². The van der Waals surface area contributed by atoms with Gasteiger partial charge in [0.15, 0.2) is 0 Å². The number of hydrogen-bond donors (Lipinski definition) is 1. The molecule has 1 fully saturated rings. The number of nitrogens with zero attached hydrogens (tertiary/aromatic N) is 2. The molecule has 0 aliphatic heterocycles. The van der Waals surface area contributed by atoms with Crippen LogP contribution >= 0.6 is 23.2 Å². The average molecular weight is 711 g/mol. The molecule has 0 heterocycles. The molecule has 1 aliphatic rings. The molecular formula is C37H38Cl2FN3O4S. The summed E-state index contributed by atoms with van der Waals surface area (Å²) in [6.45, 7) is 1.08. The van der Waals surface area contributed by atoms with E-state index >= 15 is 0 Å². The number of carbonyl (C=O) groups is 2. The number of amides is 2. The van der Waals surface area contributed by atoms with E-state index < -0.39 is 34.3 Å². The zero-order valence-electron chi connectivity index (χ0n) is 26.6. The van der Waals surface area contributed by atoms with Crippen molar-refractivity contribution in [2.75, 3.05) is 10.8 Å². The van der Waals surface area contributed by atoms with Gasteiger partial charge in [-0.3, -0.25) is 13.9 Å². The van der Waals surface area contributed by atoms with E-state index in [-0.39, 0.29) is 45.5 Å². The lowest BCUT2D eigenvalue weighted by Gasteiger charge is -2.35. The summed E-state index contributed by atoms with van der Waals surface area (Å²) in [5.41, 5.74) is 2.27. The maximum atomic E-state index is 14.6. The first-order chi connectivity index (χ1) is 23.0. The van der Waals surface area contributed by atoms with Gasteiger partial charge in [0.05, 0.1) is 20.6 Å². The summed E-state index contributed by atoms with van der Waals surface area (Å²) in [6, 6.07) is 24.8. The third kappa shape index (κ3) is 8.75. The van der Waals surface area contributed by atoms with Crippen molar-refractivity contribution in [3.05, 3.63) is 130 Å². The van der Waals surface area contributed by atoms with Crippen molar-refractivity contribution in [2.24, 2.45) is 0 Å². The van der Waals surface area contributed by atoms with Crippen molar-refractivity contribution < 1.29 is 22.4 Å². The molecule has 7 nitrogen and oxygen atoms in total. The van der Waals surface area contributed by atoms with Crippen LogP contribution in [0.15, 0.2) is 102 Å². The van der Waals surface area contributed by atoms with E-state index in [1.54, 1.807) is 30.3 Å². The molecule has 1 aliphatic carbocycles. The zero-order chi connectivity index (χ0) is 34.3. The Hall–Kier alpha value is -3.92. The average Bonchev–Trinajstić information content (AvgIpc) is 3.08. The lowest BCUT2D eigenvalue weighted by molar-refractivity contribution is -0.140. The van der Waals surface area contributed by atoms with Crippen LogP contribution < -0.4 is 9.62 Å². The van der Waals surface area contributed by atoms with Crippen LogP contribution in [0.2, 0.25) is 10.0 Å². The van der Waals surface area contributed by atoms with Crippen LogP contribution in [-0.2, 0) is 32.6 Å². The molecule has 0 unspecified atom stereocenters. The number of sulfonamides is 1. The van der Waals surface area contributed by atoms with Crippen molar-refractivity contribution in [3.63, 3.8) is 0 Å². The van der Waals surface area contributed by atoms with Crippen molar-refractivity contribution >= 4 is 50.7 Å². The van der Waals surface area contributed by atoms with Gasteiger partial charge in [-0.05, 0) is 67.3 Å². The van der Waals surface area contributed by atoms with Gasteiger partial charge < -0.3 is 10.2 Å². The number of rotatable bonds is 12. The first kappa shape index (κ1) is 35.4. The fourth-order valence-electron chi connectivity index (χ4n) is 5.92. The van der Waals surface area contributed by atoms with Gasteiger partial charge >= 0.3 is 0 Å². The molecule has 1 N–H and O–H groups in total. The molecule has 11 heteroatoms. The summed E-state index contributed by atoms with van der Waals surface area (Å²) in [5.74, 6) is -1.43. The Morgan fingerprint density at radius 3 is 2.19 bits per heavy atom. The van der Waals surface area contributed by atoms with Crippen LogP contribution in [0, 0.1) is 12.7 Å². The minimum Gasteiger partial charge on any atom is -0.352 e. The summed E-state index contributed by atoms with van der Waals surface area (Å²) >= 11 is 12.9. The number of aryl methyl sites for hydroxylation is 1. The van der Waals surface area contributed by atoms with E-state index in [0.29, 0.717) is 5.56 Å². The Balaban J connectivity index is 1.58. The lowest BCUT2D eigenvalue weighted by Crippen LogP contribution is -2.55. The number of nitrogens with one attached hydrogen (secondary N) is 1. The number of hydrogen-bond acceptors (Lipinski definition) is 4. The largest absolute Gasteiger partial charge is 0.352 e. The molecule has 0 radical (unpaired) electrons. The SMILES string of the molecule is Cc1ccc(S(=O)(=O)N(CC(=O)N(Cc2ccc(F)cc2)[C@@H](Cc2ccccc2)C(=O)NC2CCCCC2)c2cccc(Cl)c2Cl)cc1. The van der Waals surface area contributed by atoms with Crippen LogP contribution in [0.5, 0.6) is 0 Å². The predicted molar refractivity (Wildman–Crippen MR) is 188 cm³/mol. The zero-order valence-corrected chi connectivity index (χ0v) is 28.9. The number of benzene rings is 4. The highest BCUT2D eigenvalue weighted by Crippen LogP contribution is 2.36. The van der Waals surface area contributed by atoms with Gasteiger partial charge in [-0.25, -0.2) is 12.8 Å². The van der Waals surface area contributed by atoms with Crippen LogP contribution in [0.4, 0.5) is 10.1 Å². The van der Waals surface area contributed by atoms with Gasteiger partial charge in [-0.1, -0.05) is 109 Å². The first-order valence-corrected chi connectivity index (χ1v) is 18.1. The Kier molecular flexibility index (Phi) is 11.8. The molecule has 0 bridgehead atoms. The fraction of sp³-hybridized carbons (Fsp3) is 0.297. The highest BCUT2D eigenvalue weighted by molar-refractivity contribution is 7.92. The van der Waals surface area contributed by atoms with Crippen molar-refractivity contribution in [1.29, 1.82) is 0 Å². The molecule has 0 aromatic heterocycles. The van der Waals surface area contributed by atoms with Crippen LogP contribution in [0.25, 0.3) is 0 Å². The van der Waals surface area contributed by atoms with Crippen LogP contribution in [0.1, 0.15) is 48.8 Å². The molecular weight excluding hydrogens is 672 g/mol. The van der Waals surface area contributed by atoms with Crippen molar-refractivity contribution in [1.82, 2.24) is 10.2 Å². The topological polar surface area (TPSA) is 86.8 Å². The van der Waals surface area contributed by atoms with Gasteiger partial charge in [0.1, 0.15) is 18.4 Å². The second-order valence-corrected chi connectivity index (χ2v) is 14.7. The van der Waals surface area contributed by atoms with Gasteiger partial charge in [-0.15, -0.1) is 0 Å². The van der Waals surface area contributed by atoms with Gasteiger partial charge in [0.25, 0.3) is 10.0 Å². The monoisotopic (exact) mass is 709 g/mol. The molecule has 2 amide bonds. The van der Waals surface area contributed by atoms with Crippen LogP contribution in [0.3, 0.4) is 0 Å². The van der Waals surface area contributed by atoms with E-state index in [0.717, 1.165) is 47.5 Å². The minimum atomic E-state index is -4.35. The number of anilines is 1. The summed E-state index contributed by atoms with van der Waals surface area (Å²) in [7, 11) is -4.35. The normalized spacial score (nSPS) is 14.2. The molecule has 1 atom stereocenters. The standard InChI is InChI=1S/C37H38Cl2FN3O4S/c1-26-15-21-31(22-16-26)48(46,47)43(33-14-8-13-32(38)36(33)39)25-35(44)42(24-28-17-19-29(40)20-18-28)34(23-27-9-4-2-5-10-27)37(45)41-30-11-6-3-7-12-30/h2,4-5,8-10,13-22,30,34H,3,6-7,11-12,23-25H2,1H3,(H,41,45)/t34-/m0/s1. The van der Waals surface area contributed by atoms with E-state index in [4.69, 9.17) is 23.2 Å². The van der Waals surface area contributed by atoms with Crippen molar-refractivity contribution in [3.8, 4) is 0 Å². The second kappa shape index (κ2) is 16.0. The molecule has 0 saturated heterocycles. The molecule has 1 saturated carbocycles. The number of halogens is 3. The highest BCUT2D eigenvalue weighted by Gasteiger charge is 2.36. The lowest BCUT2D eigenvalue weighted by atomic mass is 9.94. The molecule has 4 aromatic carbocycles. The highest BCUT2D eigenvalue weighted by atomic mass is 35.5. The molecule has 252 valence electrons. The minimum absolute atomic E-state index is 0.0195. The third-order valence-electron chi connectivity index (χ3n) is 8.58. The first-order valence-electron chi connectivity index (χ1n) is 15.9. The van der Waals surface area contributed by atoms with Crippen LogP contribution in [-0.4, -0.2) is 43.8 Å². The molecule has 5 rings (SSSR count). The van der Waals surface area contributed by atoms with E-state index in [1.165, 1.54) is 41.3 Å². The fourth-order valence-corrected chi connectivity index (χ4v) is 7.79.